The van der Waals surface area contributed by atoms with E-state index in [0.29, 0.717) is 6.54 Å². The van der Waals surface area contributed by atoms with Crippen molar-refractivity contribution < 1.29 is 9.53 Å². The van der Waals surface area contributed by atoms with Gasteiger partial charge in [-0.05, 0) is 34.6 Å². The van der Waals surface area contributed by atoms with E-state index in [9.17, 15) is 4.79 Å². The van der Waals surface area contributed by atoms with Crippen LogP contribution < -0.4 is 10.6 Å². The number of hydrogen-bond donors (Lipinski definition) is 2. The van der Waals surface area contributed by atoms with Crippen molar-refractivity contribution in [1.82, 2.24) is 10.6 Å². The molecule has 2 N–H and O–H groups in total. The average Bonchev–Trinajstić information content (AvgIpc) is 2.50. The molecule has 0 spiro atoms. The minimum atomic E-state index is -0.436. The highest BCUT2D eigenvalue weighted by Crippen LogP contribution is 2.40. The summed E-state index contributed by atoms with van der Waals surface area (Å²) in [7, 11) is 0. The van der Waals surface area contributed by atoms with Crippen LogP contribution in [0, 0.1) is 0 Å². The van der Waals surface area contributed by atoms with Crippen LogP contribution >= 0.6 is 23.5 Å². The van der Waals surface area contributed by atoms with Crippen molar-refractivity contribution in [3.63, 3.8) is 0 Å². The van der Waals surface area contributed by atoms with E-state index in [0.717, 1.165) is 5.75 Å². The van der Waals surface area contributed by atoms with Crippen LogP contribution in [0.4, 0.5) is 4.79 Å². The first kappa shape index (κ1) is 15.6. The fourth-order valence-electron chi connectivity index (χ4n) is 1.23. The molecule has 0 saturated carbocycles. The second kappa shape index (κ2) is 6.10. The minimum Gasteiger partial charge on any atom is -0.444 e. The molecule has 4 nitrogen and oxygen atoms in total. The third-order valence-electron chi connectivity index (χ3n) is 1.91. The van der Waals surface area contributed by atoms with Crippen LogP contribution in [-0.4, -0.2) is 28.9 Å². The van der Waals surface area contributed by atoms with Crippen LogP contribution in [0.15, 0.2) is 10.4 Å². The number of nitrogens with one attached hydrogen (secondary N) is 2. The molecule has 0 aromatic rings. The Balaban J connectivity index is 2.11. The van der Waals surface area contributed by atoms with Crippen LogP contribution in [-0.2, 0) is 4.74 Å². The smallest absolute Gasteiger partial charge is 0.407 e. The quantitative estimate of drug-likeness (QED) is 0.779. The van der Waals surface area contributed by atoms with E-state index >= 15 is 0 Å². The molecule has 0 atom stereocenters. The van der Waals surface area contributed by atoms with E-state index in [2.05, 4.69) is 24.5 Å². The summed E-state index contributed by atoms with van der Waals surface area (Å²) < 4.78 is 6.41. The Morgan fingerprint density at radius 2 is 2.22 bits per heavy atom. The number of carbonyl (C=O) groups excluding carboxylic acids is 1. The molecule has 0 fully saturated rings. The molecule has 0 saturated heterocycles. The van der Waals surface area contributed by atoms with Gasteiger partial charge in [0.1, 0.15) is 5.60 Å². The predicted octanol–water partition coefficient (Wildman–Crippen LogP) is 3.12. The molecule has 1 aliphatic heterocycles. The summed E-state index contributed by atoms with van der Waals surface area (Å²) in [6.45, 7) is 10.5. The van der Waals surface area contributed by atoms with Gasteiger partial charge in [0.25, 0.3) is 0 Å². The zero-order chi connectivity index (χ0) is 13.8. The molecule has 1 rings (SSSR count). The number of hydrogen-bond acceptors (Lipinski definition) is 5. The van der Waals surface area contributed by atoms with Gasteiger partial charge in [-0.2, -0.15) is 0 Å². The lowest BCUT2D eigenvalue weighted by Crippen LogP contribution is -2.33. The van der Waals surface area contributed by atoms with Crippen molar-refractivity contribution in [3.05, 3.63) is 10.4 Å². The number of ether oxygens (including phenoxy) is 1. The lowest BCUT2D eigenvalue weighted by molar-refractivity contribution is 0.0531. The van der Waals surface area contributed by atoms with E-state index in [1.165, 1.54) is 4.24 Å². The van der Waals surface area contributed by atoms with Crippen molar-refractivity contribution >= 4 is 29.6 Å². The molecule has 0 bridgehead atoms. The molecule has 0 radical (unpaired) electrons. The molecule has 104 valence electrons. The fraction of sp³-hybridized carbons (Fsp3) is 0.750. The Bertz CT molecular complexity index is 335. The standard InChI is InChI=1S/C12H22N2O2S2/c1-11(2,3)16-10(15)13-6-7-17-9-8-14-12(4,5)18-9/h8,14H,6-7H2,1-5H3,(H,13,15). The molecule has 1 aliphatic rings. The Kier molecular flexibility index (Phi) is 5.28. The lowest BCUT2D eigenvalue weighted by atomic mass is 10.2. The number of amides is 1. The zero-order valence-electron chi connectivity index (χ0n) is 11.6. The van der Waals surface area contributed by atoms with E-state index in [4.69, 9.17) is 4.74 Å². The van der Waals surface area contributed by atoms with Crippen molar-refractivity contribution in [2.24, 2.45) is 0 Å². The maximum Gasteiger partial charge on any atom is 0.407 e. The number of rotatable bonds is 4. The second-order valence-corrected chi connectivity index (χ2v) is 8.56. The van der Waals surface area contributed by atoms with Gasteiger partial charge in [0.2, 0.25) is 0 Å². The van der Waals surface area contributed by atoms with Gasteiger partial charge >= 0.3 is 6.09 Å². The second-order valence-electron chi connectivity index (χ2n) is 5.50. The molecule has 0 aromatic carbocycles. The van der Waals surface area contributed by atoms with Gasteiger partial charge in [0.05, 0.1) is 9.11 Å². The maximum atomic E-state index is 11.4. The van der Waals surface area contributed by atoms with Gasteiger partial charge in [-0.1, -0.05) is 11.8 Å². The Labute approximate surface area is 118 Å². The van der Waals surface area contributed by atoms with Crippen molar-refractivity contribution in [1.29, 1.82) is 0 Å². The van der Waals surface area contributed by atoms with Crippen LogP contribution in [0.25, 0.3) is 0 Å². The maximum absolute atomic E-state index is 11.4. The summed E-state index contributed by atoms with van der Waals surface area (Å²) >= 11 is 3.54. The number of thioether (sulfide) groups is 2. The Hall–Kier alpha value is -0.490. The van der Waals surface area contributed by atoms with E-state index in [1.54, 1.807) is 23.5 Å². The van der Waals surface area contributed by atoms with Crippen LogP contribution in [0.3, 0.4) is 0 Å². The van der Waals surface area contributed by atoms with Crippen molar-refractivity contribution in [3.8, 4) is 0 Å². The molecule has 1 heterocycles. The molecular weight excluding hydrogens is 268 g/mol. The van der Waals surface area contributed by atoms with Crippen LogP contribution in [0.2, 0.25) is 0 Å². The van der Waals surface area contributed by atoms with Gasteiger partial charge in [0, 0.05) is 18.5 Å². The Morgan fingerprint density at radius 1 is 1.56 bits per heavy atom. The monoisotopic (exact) mass is 290 g/mol. The van der Waals surface area contributed by atoms with Gasteiger partial charge in [-0.3, -0.25) is 0 Å². The summed E-state index contributed by atoms with van der Waals surface area (Å²) in [5.74, 6) is 0.843. The van der Waals surface area contributed by atoms with Gasteiger partial charge in [-0.25, -0.2) is 4.79 Å². The van der Waals surface area contributed by atoms with Crippen LogP contribution in [0.5, 0.6) is 0 Å². The highest BCUT2D eigenvalue weighted by atomic mass is 32.2. The molecular formula is C12H22N2O2S2. The third-order valence-corrected chi connectivity index (χ3v) is 4.27. The highest BCUT2D eigenvalue weighted by molar-refractivity contribution is 8.23. The van der Waals surface area contributed by atoms with Gasteiger partial charge < -0.3 is 15.4 Å². The first-order valence-electron chi connectivity index (χ1n) is 5.94. The average molecular weight is 290 g/mol. The largest absolute Gasteiger partial charge is 0.444 e. The van der Waals surface area contributed by atoms with Gasteiger partial charge in [-0.15, -0.1) is 11.8 Å². The minimum absolute atomic E-state index is 0.0843. The van der Waals surface area contributed by atoms with Crippen molar-refractivity contribution in [2.75, 3.05) is 12.3 Å². The van der Waals surface area contributed by atoms with E-state index in [-0.39, 0.29) is 11.0 Å². The Morgan fingerprint density at radius 3 is 2.72 bits per heavy atom. The van der Waals surface area contributed by atoms with Crippen molar-refractivity contribution in [2.45, 2.75) is 45.1 Å². The molecule has 0 aromatic heterocycles. The summed E-state index contributed by atoms with van der Waals surface area (Å²) in [5.41, 5.74) is -0.436. The normalized spacial score (nSPS) is 17.9. The zero-order valence-corrected chi connectivity index (χ0v) is 13.3. The highest BCUT2D eigenvalue weighted by Gasteiger charge is 2.24. The fourth-order valence-corrected chi connectivity index (χ4v) is 3.63. The predicted molar refractivity (Wildman–Crippen MR) is 79.6 cm³/mol. The van der Waals surface area contributed by atoms with Crippen LogP contribution in [0.1, 0.15) is 34.6 Å². The molecule has 1 amide bonds. The topological polar surface area (TPSA) is 50.4 Å². The molecule has 18 heavy (non-hydrogen) atoms. The SMILES string of the molecule is CC(C)(C)OC(=O)NCCSC1=CNC(C)(C)S1. The first-order chi connectivity index (χ1) is 8.18. The number of carbonyl (C=O) groups is 1. The van der Waals surface area contributed by atoms with Gasteiger partial charge in [0.15, 0.2) is 0 Å². The molecule has 0 aliphatic carbocycles. The summed E-state index contributed by atoms with van der Waals surface area (Å²) in [4.78, 5) is 11.5. The summed E-state index contributed by atoms with van der Waals surface area (Å²) in [5, 5.41) is 6.04. The molecule has 6 heteroatoms. The summed E-state index contributed by atoms with van der Waals surface area (Å²) in [6.07, 6.45) is 1.68. The first-order valence-corrected chi connectivity index (χ1v) is 7.75. The molecule has 0 unspecified atom stereocenters. The van der Waals surface area contributed by atoms with E-state index in [1.807, 2.05) is 27.0 Å². The summed E-state index contributed by atoms with van der Waals surface area (Å²) in [6, 6.07) is 0. The lowest BCUT2D eigenvalue weighted by Gasteiger charge is -2.19. The number of alkyl carbamates (subject to hydrolysis) is 1. The van der Waals surface area contributed by atoms with E-state index < -0.39 is 5.60 Å². The third kappa shape index (κ3) is 6.44.